The molecule has 1 fully saturated rings. The minimum atomic E-state index is -3.47. The van der Waals surface area contributed by atoms with E-state index in [2.05, 4.69) is 20.7 Å². The van der Waals surface area contributed by atoms with Gasteiger partial charge >= 0.3 is 0 Å². The van der Waals surface area contributed by atoms with Gasteiger partial charge in [0.15, 0.2) is 0 Å². The zero-order valence-electron chi connectivity index (χ0n) is 9.89. The van der Waals surface area contributed by atoms with Crippen molar-refractivity contribution in [3.63, 3.8) is 0 Å². The molecule has 0 amide bonds. The Hall–Kier alpha value is -0.430. The van der Waals surface area contributed by atoms with Crippen LogP contribution in [0.5, 0.6) is 0 Å². The maximum atomic E-state index is 12.1. The number of halogens is 1. The average Bonchev–Trinajstić information content (AvgIpc) is 2.26. The zero-order chi connectivity index (χ0) is 13.2. The van der Waals surface area contributed by atoms with E-state index in [1.54, 1.807) is 12.1 Å². The van der Waals surface area contributed by atoms with Crippen molar-refractivity contribution < 1.29 is 13.5 Å². The molecule has 1 aliphatic carbocycles. The first-order chi connectivity index (χ1) is 8.53. The average molecular weight is 334 g/mol. The van der Waals surface area contributed by atoms with E-state index in [9.17, 15) is 8.42 Å². The van der Waals surface area contributed by atoms with Gasteiger partial charge in [-0.05, 0) is 52.4 Å². The Morgan fingerprint density at radius 1 is 1.39 bits per heavy atom. The quantitative estimate of drug-likeness (QED) is 0.866. The maximum Gasteiger partial charge on any atom is 0.241 e. The number of nitrogens with one attached hydrogen (secondary N) is 1. The highest BCUT2D eigenvalue weighted by Gasteiger charge is 2.22. The van der Waals surface area contributed by atoms with Crippen LogP contribution in [-0.4, -0.2) is 20.1 Å². The number of benzene rings is 1. The molecule has 0 spiro atoms. The molecule has 0 heterocycles. The van der Waals surface area contributed by atoms with Crippen LogP contribution >= 0.6 is 15.9 Å². The van der Waals surface area contributed by atoms with Gasteiger partial charge in [0.25, 0.3) is 0 Å². The van der Waals surface area contributed by atoms with E-state index < -0.39 is 10.0 Å². The molecule has 1 aromatic carbocycles. The first kappa shape index (κ1) is 14.0. The summed E-state index contributed by atoms with van der Waals surface area (Å²) >= 11 is 3.23. The minimum absolute atomic E-state index is 0.103. The van der Waals surface area contributed by atoms with E-state index in [-0.39, 0.29) is 11.5 Å². The van der Waals surface area contributed by atoms with Crippen molar-refractivity contribution in [3.05, 3.63) is 28.2 Å². The summed E-state index contributed by atoms with van der Waals surface area (Å²) in [5, 5.41) is 8.99. The number of hydrogen-bond donors (Lipinski definition) is 2. The van der Waals surface area contributed by atoms with Crippen molar-refractivity contribution in [2.45, 2.75) is 30.8 Å². The minimum Gasteiger partial charge on any atom is -0.392 e. The first-order valence-electron chi connectivity index (χ1n) is 5.92. The molecule has 6 heteroatoms. The molecule has 18 heavy (non-hydrogen) atoms. The highest BCUT2D eigenvalue weighted by Crippen LogP contribution is 2.27. The van der Waals surface area contributed by atoms with E-state index in [1.165, 1.54) is 12.5 Å². The molecule has 0 aromatic heterocycles. The zero-order valence-corrected chi connectivity index (χ0v) is 12.3. The lowest BCUT2D eigenvalue weighted by Crippen LogP contribution is -2.32. The molecule has 0 aliphatic heterocycles. The normalized spacial score (nSPS) is 16.6. The van der Waals surface area contributed by atoms with Gasteiger partial charge in [0.05, 0.1) is 11.5 Å². The van der Waals surface area contributed by atoms with Crippen molar-refractivity contribution >= 4 is 26.0 Å². The van der Waals surface area contributed by atoms with Crippen LogP contribution in [0.3, 0.4) is 0 Å². The molecule has 1 aromatic rings. The third-order valence-electron chi connectivity index (χ3n) is 3.26. The molecule has 0 radical (unpaired) electrons. The van der Waals surface area contributed by atoms with Gasteiger partial charge in [0.1, 0.15) is 0 Å². The molecule has 1 aliphatic rings. The van der Waals surface area contributed by atoms with Crippen LogP contribution in [0.15, 0.2) is 27.6 Å². The van der Waals surface area contributed by atoms with Gasteiger partial charge in [-0.3, -0.25) is 0 Å². The van der Waals surface area contributed by atoms with Crippen molar-refractivity contribution in [2.75, 3.05) is 6.54 Å². The van der Waals surface area contributed by atoms with E-state index in [0.29, 0.717) is 22.5 Å². The summed E-state index contributed by atoms with van der Waals surface area (Å²) in [4.78, 5) is 0.221. The predicted octanol–water partition coefficient (Wildman–Crippen LogP) is 2.02. The van der Waals surface area contributed by atoms with Crippen LogP contribution in [0.1, 0.15) is 24.8 Å². The number of sulfonamides is 1. The number of aliphatic hydroxyl groups is 1. The predicted molar refractivity (Wildman–Crippen MR) is 72.6 cm³/mol. The standard InChI is InChI=1S/C12H16BrNO3S/c13-11-6-10(8-15)4-5-12(11)18(16,17)14-7-9-2-1-3-9/h4-6,9,14-15H,1-3,7-8H2. The summed E-state index contributed by atoms with van der Waals surface area (Å²) in [6, 6.07) is 4.75. The fourth-order valence-electron chi connectivity index (χ4n) is 1.86. The topological polar surface area (TPSA) is 66.4 Å². The van der Waals surface area contributed by atoms with Gasteiger partial charge < -0.3 is 5.11 Å². The van der Waals surface area contributed by atoms with Gasteiger partial charge in [-0.2, -0.15) is 0 Å². The lowest BCUT2D eigenvalue weighted by molar-refractivity contribution is 0.281. The van der Waals surface area contributed by atoms with Crippen molar-refractivity contribution in [3.8, 4) is 0 Å². The van der Waals surface area contributed by atoms with E-state index in [4.69, 9.17) is 5.11 Å². The molecule has 4 nitrogen and oxygen atoms in total. The van der Waals surface area contributed by atoms with Crippen LogP contribution in [0.2, 0.25) is 0 Å². The SMILES string of the molecule is O=S(=O)(NCC1CCC1)c1ccc(CO)cc1Br. The van der Waals surface area contributed by atoms with Gasteiger partial charge in [-0.15, -0.1) is 0 Å². The van der Waals surface area contributed by atoms with Crippen molar-refractivity contribution in [1.82, 2.24) is 4.72 Å². The van der Waals surface area contributed by atoms with Gasteiger partial charge in [0.2, 0.25) is 10.0 Å². The molecule has 1 saturated carbocycles. The van der Waals surface area contributed by atoms with Crippen molar-refractivity contribution in [2.24, 2.45) is 5.92 Å². The molecule has 0 saturated heterocycles. The second kappa shape index (κ2) is 5.69. The molecular formula is C12H16BrNO3S. The Labute approximate surface area is 116 Å². The Balaban J connectivity index is 2.12. The first-order valence-corrected chi connectivity index (χ1v) is 8.19. The summed E-state index contributed by atoms with van der Waals surface area (Å²) in [5.74, 6) is 0.482. The van der Waals surface area contributed by atoms with Crippen LogP contribution in [0.4, 0.5) is 0 Å². The van der Waals surface area contributed by atoms with Crippen LogP contribution < -0.4 is 4.72 Å². The van der Waals surface area contributed by atoms with E-state index in [1.807, 2.05) is 0 Å². The molecule has 2 rings (SSSR count). The Morgan fingerprint density at radius 3 is 2.61 bits per heavy atom. The smallest absolute Gasteiger partial charge is 0.241 e. The maximum absolute atomic E-state index is 12.1. The Morgan fingerprint density at radius 2 is 2.11 bits per heavy atom. The van der Waals surface area contributed by atoms with Crippen LogP contribution in [0, 0.1) is 5.92 Å². The lowest BCUT2D eigenvalue weighted by atomic mass is 9.86. The summed E-state index contributed by atoms with van der Waals surface area (Å²) in [6.45, 7) is 0.408. The number of rotatable bonds is 5. The fourth-order valence-corrected chi connectivity index (χ4v) is 4.10. The largest absolute Gasteiger partial charge is 0.392 e. The molecular weight excluding hydrogens is 318 g/mol. The number of hydrogen-bond acceptors (Lipinski definition) is 3. The highest BCUT2D eigenvalue weighted by molar-refractivity contribution is 9.10. The monoisotopic (exact) mass is 333 g/mol. The summed E-state index contributed by atoms with van der Waals surface area (Å²) in [5.41, 5.74) is 0.680. The van der Waals surface area contributed by atoms with Crippen LogP contribution in [0.25, 0.3) is 0 Å². The Bertz CT molecular complexity index is 526. The summed E-state index contributed by atoms with van der Waals surface area (Å²) < 4.78 is 27.3. The van der Waals surface area contributed by atoms with Crippen LogP contribution in [-0.2, 0) is 16.6 Å². The van der Waals surface area contributed by atoms with Gasteiger partial charge in [-0.25, -0.2) is 13.1 Å². The molecule has 2 N–H and O–H groups in total. The Kier molecular flexibility index (Phi) is 4.42. The van der Waals surface area contributed by atoms with Crippen molar-refractivity contribution in [1.29, 1.82) is 0 Å². The van der Waals surface area contributed by atoms with Gasteiger partial charge in [-0.1, -0.05) is 12.5 Å². The molecule has 0 atom stereocenters. The van der Waals surface area contributed by atoms with E-state index in [0.717, 1.165) is 12.8 Å². The second-order valence-electron chi connectivity index (χ2n) is 4.57. The molecule has 0 bridgehead atoms. The number of aliphatic hydroxyl groups excluding tert-OH is 1. The summed E-state index contributed by atoms with van der Waals surface area (Å²) in [7, 11) is -3.47. The van der Waals surface area contributed by atoms with Gasteiger partial charge in [0, 0.05) is 11.0 Å². The third kappa shape index (κ3) is 3.12. The summed E-state index contributed by atoms with van der Waals surface area (Å²) in [6.07, 6.45) is 3.40. The molecule has 100 valence electrons. The lowest BCUT2D eigenvalue weighted by Gasteiger charge is -2.25. The third-order valence-corrected chi connectivity index (χ3v) is 5.66. The highest BCUT2D eigenvalue weighted by atomic mass is 79.9. The fraction of sp³-hybridized carbons (Fsp3) is 0.500. The van der Waals surface area contributed by atoms with E-state index >= 15 is 0 Å². The molecule has 0 unspecified atom stereocenters. The second-order valence-corrected chi connectivity index (χ2v) is 7.16.